The Morgan fingerprint density at radius 2 is 2.25 bits per heavy atom. The van der Waals surface area contributed by atoms with Gasteiger partial charge in [-0.1, -0.05) is 6.07 Å². The van der Waals surface area contributed by atoms with Crippen LogP contribution in [0.5, 0.6) is 0 Å². The molecule has 3 N–H and O–H groups in total. The highest BCUT2D eigenvalue weighted by molar-refractivity contribution is 5.98. The van der Waals surface area contributed by atoms with Crippen LogP contribution in [0.4, 0.5) is 5.82 Å². The quantitative estimate of drug-likeness (QED) is 0.652. The maximum Gasteiger partial charge on any atom is 0.273 e. The Kier molecular flexibility index (Phi) is 1.86. The lowest BCUT2D eigenvalue weighted by atomic mass is 10.2. The van der Waals surface area contributed by atoms with Gasteiger partial charge >= 0.3 is 0 Å². The van der Waals surface area contributed by atoms with Gasteiger partial charge < -0.3 is 15.6 Å². The van der Waals surface area contributed by atoms with Crippen LogP contribution in [0.25, 0.3) is 0 Å². The van der Waals surface area contributed by atoms with Crippen LogP contribution in [0, 0.1) is 0 Å². The molecule has 0 saturated carbocycles. The SMILES string of the molecule is O=C1NC(c2cccnc2)Nc2nc[nH]c21. The van der Waals surface area contributed by atoms with Gasteiger partial charge in [0.15, 0.2) is 5.82 Å². The van der Waals surface area contributed by atoms with E-state index in [1.165, 1.54) is 6.33 Å². The van der Waals surface area contributed by atoms with Gasteiger partial charge in [-0.3, -0.25) is 9.78 Å². The van der Waals surface area contributed by atoms with Gasteiger partial charge in [0.05, 0.1) is 6.33 Å². The molecule has 6 heteroatoms. The molecule has 0 radical (unpaired) electrons. The van der Waals surface area contributed by atoms with Crippen molar-refractivity contribution in [3.8, 4) is 0 Å². The van der Waals surface area contributed by atoms with Gasteiger partial charge in [0.1, 0.15) is 11.9 Å². The number of amides is 1. The van der Waals surface area contributed by atoms with Crippen LogP contribution in [0.15, 0.2) is 30.9 Å². The summed E-state index contributed by atoms with van der Waals surface area (Å²) in [7, 11) is 0. The van der Waals surface area contributed by atoms with Crippen molar-refractivity contribution in [2.24, 2.45) is 0 Å². The Labute approximate surface area is 91.1 Å². The van der Waals surface area contributed by atoms with E-state index < -0.39 is 0 Å². The summed E-state index contributed by atoms with van der Waals surface area (Å²) in [5.41, 5.74) is 1.35. The number of fused-ring (bicyclic) bond motifs is 1. The summed E-state index contributed by atoms with van der Waals surface area (Å²) in [5, 5.41) is 5.92. The molecule has 2 aromatic rings. The molecule has 1 aliphatic rings. The first-order chi connectivity index (χ1) is 7.84. The van der Waals surface area contributed by atoms with Gasteiger partial charge in [0, 0.05) is 18.0 Å². The van der Waals surface area contributed by atoms with E-state index in [0.717, 1.165) is 5.56 Å². The number of carbonyl (C=O) groups is 1. The smallest absolute Gasteiger partial charge is 0.273 e. The summed E-state index contributed by atoms with van der Waals surface area (Å²) in [5.74, 6) is 0.401. The number of carbonyl (C=O) groups excluding carboxylic acids is 1. The Morgan fingerprint density at radius 3 is 3.06 bits per heavy atom. The van der Waals surface area contributed by atoms with Gasteiger partial charge in [-0.2, -0.15) is 0 Å². The maximum absolute atomic E-state index is 11.7. The Bertz CT molecular complexity index is 521. The van der Waals surface area contributed by atoms with Gasteiger partial charge in [-0.05, 0) is 6.07 Å². The molecule has 0 fully saturated rings. The van der Waals surface area contributed by atoms with Crippen molar-refractivity contribution in [1.82, 2.24) is 20.3 Å². The third-order valence-corrected chi connectivity index (χ3v) is 2.44. The number of hydrogen-bond acceptors (Lipinski definition) is 4. The number of rotatable bonds is 1. The minimum absolute atomic E-state index is 0.167. The van der Waals surface area contributed by atoms with Crippen molar-refractivity contribution in [3.63, 3.8) is 0 Å². The Morgan fingerprint density at radius 1 is 1.31 bits per heavy atom. The minimum Gasteiger partial charge on any atom is -0.344 e. The zero-order valence-electron chi connectivity index (χ0n) is 8.27. The van der Waals surface area contributed by atoms with E-state index in [1.54, 1.807) is 12.4 Å². The fourth-order valence-corrected chi connectivity index (χ4v) is 1.67. The first-order valence-electron chi connectivity index (χ1n) is 4.85. The van der Waals surface area contributed by atoms with Crippen LogP contribution in [0.3, 0.4) is 0 Å². The molecular formula is C10H9N5O. The lowest BCUT2D eigenvalue weighted by molar-refractivity contribution is 0.0931. The highest BCUT2D eigenvalue weighted by atomic mass is 16.2. The molecule has 1 unspecified atom stereocenters. The number of anilines is 1. The van der Waals surface area contributed by atoms with Crippen molar-refractivity contribution in [2.75, 3.05) is 5.32 Å². The van der Waals surface area contributed by atoms with Gasteiger partial charge in [0.25, 0.3) is 5.91 Å². The fraction of sp³-hybridized carbons (Fsp3) is 0.100. The molecule has 0 aromatic carbocycles. The molecule has 1 aliphatic heterocycles. The summed E-state index contributed by atoms with van der Waals surface area (Å²) in [6.07, 6.45) is 4.60. The number of aromatic nitrogens is 3. The highest BCUT2D eigenvalue weighted by Crippen LogP contribution is 2.22. The number of hydrogen-bond donors (Lipinski definition) is 3. The molecule has 80 valence electrons. The molecule has 3 heterocycles. The van der Waals surface area contributed by atoms with Gasteiger partial charge in [-0.25, -0.2) is 4.98 Å². The summed E-state index contributed by atoms with van der Waals surface area (Å²) >= 11 is 0. The largest absolute Gasteiger partial charge is 0.344 e. The Hall–Kier alpha value is -2.37. The first kappa shape index (κ1) is 8.90. The molecule has 0 saturated heterocycles. The van der Waals surface area contributed by atoms with E-state index >= 15 is 0 Å². The third-order valence-electron chi connectivity index (χ3n) is 2.44. The Balaban J connectivity index is 1.95. The van der Waals surface area contributed by atoms with E-state index in [4.69, 9.17) is 0 Å². The minimum atomic E-state index is -0.281. The summed E-state index contributed by atoms with van der Waals surface area (Å²) in [4.78, 5) is 22.5. The molecule has 0 bridgehead atoms. The molecule has 6 nitrogen and oxygen atoms in total. The van der Waals surface area contributed by atoms with Crippen LogP contribution in [0.1, 0.15) is 22.2 Å². The average Bonchev–Trinajstić information content (AvgIpc) is 2.79. The van der Waals surface area contributed by atoms with Crippen LogP contribution in [-0.4, -0.2) is 20.9 Å². The zero-order chi connectivity index (χ0) is 11.0. The lowest BCUT2D eigenvalue weighted by Gasteiger charge is -2.24. The van der Waals surface area contributed by atoms with Crippen molar-refractivity contribution in [1.29, 1.82) is 0 Å². The topological polar surface area (TPSA) is 82.7 Å². The fourth-order valence-electron chi connectivity index (χ4n) is 1.67. The number of H-pyrrole nitrogens is 1. The van der Waals surface area contributed by atoms with Crippen molar-refractivity contribution >= 4 is 11.7 Å². The van der Waals surface area contributed by atoms with Crippen LogP contribution < -0.4 is 10.6 Å². The second kappa shape index (κ2) is 3.34. The second-order valence-corrected chi connectivity index (χ2v) is 3.46. The molecule has 16 heavy (non-hydrogen) atoms. The number of pyridine rings is 1. The number of aromatic amines is 1. The van der Waals surface area contributed by atoms with Crippen LogP contribution in [-0.2, 0) is 0 Å². The van der Waals surface area contributed by atoms with Crippen LogP contribution in [0.2, 0.25) is 0 Å². The lowest BCUT2D eigenvalue weighted by Crippen LogP contribution is -2.38. The molecular weight excluding hydrogens is 206 g/mol. The monoisotopic (exact) mass is 215 g/mol. The van der Waals surface area contributed by atoms with Crippen molar-refractivity contribution in [2.45, 2.75) is 6.17 Å². The predicted molar refractivity (Wildman–Crippen MR) is 56.7 cm³/mol. The van der Waals surface area contributed by atoms with E-state index in [9.17, 15) is 4.79 Å². The summed E-state index contributed by atoms with van der Waals surface area (Å²) in [6, 6.07) is 3.71. The van der Waals surface area contributed by atoms with Crippen molar-refractivity contribution in [3.05, 3.63) is 42.1 Å². The highest BCUT2D eigenvalue weighted by Gasteiger charge is 2.26. The molecule has 0 aliphatic carbocycles. The standard InChI is InChI=1S/C10H9N5O/c16-10-7-9(13-5-12-7)14-8(15-10)6-2-1-3-11-4-6/h1-5,8,14H,(H,12,13)(H,15,16). The summed E-state index contributed by atoms with van der Waals surface area (Å²) < 4.78 is 0. The van der Waals surface area contributed by atoms with Crippen molar-refractivity contribution < 1.29 is 4.79 Å². The molecule has 1 atom stereocenters. The first-order valence-corrected chi connectivity index (χ1v) is 4.85. The molecule has 2 aromatic heterocycles. The normalized spacial score (nSPS) is 18.5. The van der Waals surface area contributed by atoms with Gasteiger partial charge in [0.2, 0.25) is 0 Å². The summed E-state index contributed by atoms with van der Waals surface area (Å²) in [6.45, 7) is 0. The third kappa shape index (κ3) is 1.31. The number of imidazole rings is 1. The second-order valence-electron chi connectivity index (χ2n) is 3.46. The van der Waals surface area contributed by atoms with E-state index in [0.29, 0.717) is 11.5 Å². The molecule has 3 rings (SSSR count). The van der Waals surface area contributed by atoms with E-state index in [2.05, 4.69) is 25.6 Å². The zero-order valence-corrected chi connectivity index (χ0v) is 8.27. The number of nitrogens with zero attached hydrogens (tertiary/aromatic N) is 2. The van der Waals surface area contributed by atoms with Gasteiger partial charge in [-0.15, -0.1) is 0 Å². The predicted octanol–water partition coefficient (Wildman–Crippen LogP) is 0.659. The number of nitrogens with one attached hydrogen (secondary N) is 3. The van der Waals surface area contributed by atoms with E-state index in [1.807, 2.05) is 12.1 Å². The van der Waals surface area contributed by atoms with Crippen LogP contribution >= 0.6 is 0 Å². The van der Waals surface area contributed by atoms with E-state index in [-0.39, 0.29) is 12.1 Å². The molecule has 0 spiro atoms. The maximum atomic E-state index is 11.7. The molecule has 1 amide bonds. The average molecular weight is 215 g/mol.